The number of pyridine rings is 1. The van der Waals surface area contributed by atoms with Gasteiger partial charge in [0.25, 0.3) is 11.5 Å². The number of anilines is 2. The molecule has 13 heteroatoms. The number of hydrogen-bond donors (Lipinski definition) is 4. The van der Waals surface area contributed by atoms with Crippen LogP contribution in [-0.2, 0) is 0 Å². The summed E-state index contributed by atoms with van der Waals surface area (Å²) in [6, 6.07) is 12.0. The second-order valence-corrected chi connectivity index (χ2v) is 9.08. The number of benzene rings is 2. The van der Waals surface area contributed by atoms with E-state index in [1.54, 1.807) is 6.07 Å². The average Bonchev–Trinajstić information content (AvgIpc) is 3.62. The highest BCUT2D eigenvalue weighted by Crippen LogP contribution is 2.34. The van der Waals surface area contributed by atoms with Crippen LogP contribution in [0, 0.1) is 11.6 Å². The van der Waals surface area contributed by atoms with E-state index in [4.69, 9.17) is 4.74 Å². The topological polar surface area (TPSA) is 139 Å². The number of amides is 1. The molecule has 5 aromatic rings. The number of aromatic amines is 1. The lowest BCUT2D eigenvalue weighted by Crippen LogP contribution is -2.29. The highest BCUT2D eigenvalue weighted by atomic mass is 19.1. The summed E-state index contributed by atoms with van der Waals surface area (Å²) in [5.74, 6) is -1.15. The predicted molar refractivity (Wildman–Crippen MR) is 143 cm³/mol. The van der Waals surface area contributed by atoms with Crippen molar-refractivity contribution in [1.82, 2.24) is 30.3 Å². The molecule has 1 unspecified atom stereocenters. The molecule has 1 aliphatic heterocycles. The lowest BCUT2D eigenvalue weighted by Gasteiger charge is -2.13. The zero-order chi connectivity index (χ0) is 27.6. The Balaban J connectivity index is 1.21. The molecule has 4 heterocycles. The maximum absolute atomic E-state index is 15.1. The molecule has 2 aromatic carbocycles. The third-order valence-electron chi connectivity index (χ3n) is 6.40. The molecule has 202 valence electrons. The van der Waals surface area contributed by atoms with Gasteiger partial charge in [0.05, 0.1) is 5.69 Å². The van der Waals surface area contributed by atoms with E-state index in [1.807, 2.05) is 0 Å². The first-order chi connectivity index (χ1) is 19.5. The summed E-state index contributed by atoms with van der Waals surface area (Å²) in [6.45, 7) is 1.70. The van der Waals surface area contributed by atoms with Crippen LogP contribution in [0.5, 0.6) is 11.5 Å². The van der Waals surface area contributed by atoms with Crippen LogP contribution < -0.4 is 26.2 Å². The Bertz CT molecular complexity index is 1760. The number of H-pyrrole nitrogens is 1. The predicted octanol–water partition coefficient (Wildman–Crippen LogP) is 3.60. The van der Waals surface area contributed by atoms with E-state index in [9.17, 15) is 14.0 Å². The number of fused-ring (bicyclic) bond motifs is 1. The average molecular weight is 545 g/mol. The van der Waals surface area contributed by atoms with Crippen molar-refractivity contribution in [2.24, 2.45) is 0 Å². The number of hydrogen-bond acceptors (Lipinski definition) is 8. The van der Waals surface area contributed by atoms with E-state index in [1.165, 1.54) is 54.9 Å². The van der Waals surface area contributed by atoms with Gasteiger partial charge in [-0.2, -0.15) is 14.9 Å². The molecule has 0 spiro atoms. The molecule has 1 atom stereocenters. The van der Waals surface area contributed by atoms with Crippen molar-refractivity contribution in [3.63, 3.8) is 0 Å². The first-order valence-corrected chi connectivity index (χ1v) is 12.4. The van der Waals surface area contributed by atoms with Gasteiger partial charge in [-0.1, -0.05) is 0 Å². The number of carbonyl (C=O) groups is 1. The van der Waals surface area contributed by atoms with Gasteiger partial charge in [-0.15, -0.1) is 0 Å². The molecule has 0 aliphatic carbocycles. The van der Waals surface area contributed by atoms with E-state index < -0.39 is 23.1 Å². The van der Waals surface area contributed by atoms with E-state index in [2.05, 4.69) is 36.2 Å². The van der Waals surface area contributed by atoms with Crippen LogP contribution in [0.15, 0.2) is 71.8 Å². The molecule has 40 heavy (non-hydrogen) atoms. The highest BCUT2D eigenvalue weighted by molar-refractivity contribution is 6.04. The first-order valence-electron chi connectivity index (χ1n) is 12.4. The lowest BCUT2D eigenvalue weighted by molar-refractivity contribution is 0.102. The number of aromatic nitrogens is 5. The molecule has 3 aromatic heterocycles. The summed E-state index contributed by atoms with van der Waals surface area (Å²) in [4.78, 5) is 30.0. The molecule has 4 N–H and O–H groups in total. The summed E-state index contributed by atoms with van der Waals surface area (Å²) >= 11 is 0. The second kappa shape index (κ2) is 10.5. The summed E-state index contributed by atoms with van der Waals surface area (Å²) in [7, 11) is 0. The fourth-order valence-corrected chi connectivity index (χ4v) is 4.41. The summed E-state index contributed by atoms with van der Waals surface area (Å²) in [5.41, 5.74) is -0.0596. The number of nitrogens with zero attached hydrogens (tertiary/aromatic N) is 4. The Labute approximate surface area is 225 Å². The molecule has 1 amide bonds. The van der Waals surface area contributed by atoms with Gasteiger partial charge in [-0.05, 0) is 55.4 Å². The maximum atomic E-state index is 15.1. The van der Waals surface area contributed by atoms with Crippen molar-refractivity contribution in [3.8, 4) is 17.2 Å². The zero-order valence-electron chi connectivity index (χ0n) is 20.8. The molecule has 11 nitrogen and oxygen atoms in total. The second-order valence-electron chi connectivity index (χ2n) is 9.08. The number of ether oxygens (including phenoxy) is 1. The van der Waals surface area contributed by atoms with Crippen molar-refractivity contribution in [2.75, 3.05) is 23.7 Å². The van der Waals surface area contributed by atoms with Gasteiger partial charge in [-0.3, -0.25) is 14.7 Å². The van der Waals surface area contributed by atoms with Crippen LogP contribution in [0.2, 0.25) is 0 Å². The van der Waals surface area contributed by atoms with Crippen molar-refractivity contribution >= 4 is 28.4 Å². The van der Waals surface area contributed by atoms with Crippen molar-refractivity contribution in [1.29, 1.82) is 0 Å². The molecule has 0 radical (unpaired) electrons. The van der Waals surface area contributed by atoms with Gasteiger partial charge >= 0.3 is 0 Å². The molecule has 1 saturated heterocycles. The van der Waals surface area contributed by atoms with E-state index in [0.29, 0.717) is 22.6 Å². The van der Waals surface area contributed by atoms with Gasteiger partial charge in [0.15, 0.2) is 23.0 Å². The van der Waals surface area contributed by atoms with Crippen LogP contribution in [-0.4, -0.2) is 50.0 Å². The normalized spacial score (nSPS) is 14.8. The number of nitrogens with one attached hydrogen (secondary N) is 4. The quantitative estimate of drug-likeness (QED) is 0.244. The Hall–Kier alpha value is -5.17. The minimum atomic E-state index is -0.761. The van der Waals surface area contributed by atoms with Gasteiger partial charge in [-0.25, -0.2) is 13.8 Å². The van der Waals surface area contributed by atoms with Crippen LogP contribution in [0.1, 0.15) is 16.8 Å². The van der Waals surface area contributed by atoms with Crippen molar-refractivity contribution in [2.45, 2.75) is 12.5 Å². The van der Waals surface area contributed by atoms with Crippen molar-refractivity contribution in [3.05, 3.63) is 94.5 Å². The van der Waals surface area contributed by atoms with Gasteiger partial charge in [0.2, 0.25) is 0 Å². The Morgan fingerprint density at radius 2 is 1.90 bits per heavy atom. The molecule has 1 fully saturated rings. The minimum Gasteiger partial charge on any atom is -0.453 e. The number of carbonyl (C=O) groups excluding carboxylic acids is 1. The largest absolute Gasteiger partial charge is 0.453 e. The Kier molecular flexibility index (Phi) is 6.62. The monoisotopic (exact) mass is 544 g/mol. The molecule has 0 saturated carbocycles. The van der Waals surface area contributed by atoms with Crippen molar-refractivity contribution < 1.29 is 18.3 Å². The summed E-state index contributed by atoms with van der Waals surface area (Å²) in [6.07, 6.45) is 3.73. The van der Waals surface area contributed by atoms with E-state index in [-0.39, 0.29) is 28.7 Å². The van der Waals surface area contributed by atoms with Crippen LogP contribution in [0.3, 0.4) is 0 Å². The fraction of sp³-hybridized carbons (Fsp3) is 0.148. The molecular weight excluding hydrogens is 522 g/mol. The molecule has 6 rings (SSSR count). The van der Waals surface area contributed by atoms with Crippen LogP contribution in [0.25, 0.3) is 16.7 Å². The van der Waals surface area contributed by atoms with Gasteiger partial charge < -0.3 is 20.7 Å². The number of halogens is 2. The van der Waals surface area contributed by atoms with E-state index in [0.717, 1.165) is 30.3 Å². The lowest BCUT2D eigenvalue weighted by atomic mass is 10.2. The minimum absolute atomic E-state index is 0.0808. The fourth-order valence-electron chi connectivity index (χ4n) is 4.41. The van der Waals surface area contributed by atoms with Crippen LogP contribution in [0.4, 0.5) is 20.3 Å². The number of rotatable bonds is 7. The first kappa shape index (κ1) is 25.1. The smallest absolute Gasteiger partial charge is 0.284 e. The maximum Gasteiger partial charge on any atom is 0.284 e. The third-order valence-corrected chi connectivity index (χ3v) is 6.40. The standard InChI is InChI=1S/C27H22F2N8O3/c28-15-1-4-18(5-2-15)37-27(39)19(8-12-32-37)26(38)34-16-3-6-21(20(29)13-16)40-22-9-11-31-24-23(22)25(36-35-24)33-17-7-10-30-14-17/h1-6,8-9,11-13,17,30H,7,10,14H2,(H,34,38)(H2,31,33,35,36). The Morgan fingerprint density at radius 3 is 2.67 bits per heavy atom. The van der Waals surface area contributed by atoms with Gasteiger partial charge in [0.1, 0.15) is 22.5 Å². The highest BCUT2D eigenvalue weighted by Gasteiger charge is 2.20. The third kappa shape index (κ3) is 4.97. The van der Waals surface area contributed by atoms with Crippen LogP contribution >= 0.6 is 0 Å². The van der Waals surface area contributed by atoms with Gasteiger partial charge in [0, 0.05) is 42.8 Å². The molecule has 1 aliphatic rings. The Morgan fingerprint density at radius 1 is 1.05 bits per heavy atom. The summed E-state index contributed by atoms with van der Waals surface area (Å²) < 4.78 is 35.2. The molecular formula is C27H22F2N8O3. The summed E-state index contributed by atoms with van der Waals surface area (Å²) in [5, 5.41) is 20.8. The SMILES string of the molecule is O=C(Nc1ccc(Oc2ccnc3[nH]nc(NC4CCNC4)c23)c(F)c1)c1ccnn(-c2ccc(F)cc2)c1=O. The zero-order valence-corrected chi connectivity index (χ0v) is 20.8. The molecule has 0 bridgehead atoms. The van der Waals surface area contributed by atoms with E-state index >= 15 is 4.39 Å².